The summed E-state index contributed by atoms with van der Waals surface area (Å²) in [4.78, 5) is 24.1. The van der Waals surface area contributed by atoms with Crippen LogP contribution >= 0.6 is 0 Å². The number of fused-ring (bicyclic) bond motifs is 1. The first-order valence-corrected chi connectivity index (χ1v) is 9.86. The molecule has 7 heteroatoms. The van der Waals surface area contributed by atoms with E-state index in [1.165, 1.54) is 6.42 Å². The highest BCUT2D eigenvalue weighted by Gasteiger charge is 2.25. The molecule has 1 N–H and O–H groups in total. The van der Waals surface area contributed by atoms with Crippen LogP contribution in [0.5, 0.6) is 0 Å². The molecule has 2 aliphatic heterocycles. The van der Waals surface area contributed by atoms with Crippen molar-refractivity contribution >= 4 is 5.91 Å². The summed E-state index contributed by atoms with van der Waals surface area (Å²) in [7, 11) is 0. The quantitative estimate of drug-likeness (QED) is 0.892. The number of aromatic nitrogens is 4. The molecule has 144 valence electrons. The lowest BCUT2D eigenvalue weighted by Crippen LogP contribution is -2.39. The van der Waals surface area contributed by atoms with Crippen LogP contribution in [-0.2, 0) is 24.3 Å². The van der Waals surface area contributed by atoms with E-state index in [1.807, 2.05) is 36.5 Å². The van der Waals surface area contributed by atoms with Gasteiger partial charge in [0.2, 0.25) is 5.91 Å². The predicted octanol–water partition coefficient (Wildman–Crippen LogP) is 1.65. The van der Waals surface area contributed by atoms with Gasteiger partial charge in [-0.1, -0.05) is 0 Å². The van der Waals surface area contributed by atoms with Gasteiger partial charge in [-0.25, -0.2) is 9.97 Å². The number of aryl methyl sites for hydroxylation is 1. The molecule has 0 aliphatic carbocycles. The van der Waals surface area contributed by atoms with Gasteiger partial charge in [0.05, 0.1) is 11.4 Å². The predicted molar refractivity (Wildman–Crippen MR) is 102 cm³/mol. The number of nitrogens with zero attached hydrogens (tertiary/aromatic N) is 5. The number of rotatable bonds is 3. The number of amides is 1. The zero-order valence-electron chi connectivity index (χ0n) is 16.5. The third-order valence-electron chi connectivity index (χ3n) is 6.00. The van der Waals surface area contributed by atoms with Crippen LogP contribution in [0.3, 0.4) is 0 Å². The van der Waals surface area contributed by atoms with E-state index in [-0.39, 0.29) is 5.91 Å². The van der Waals surface area contributed by atoms with E-state index in [9.17, 15) is 4.79 Å². The van der Waals surface area contributed by atoms with Crippen LogP contribution in [0.15, 0.2) is 6.20 Å². The van der Waals surface area contributed by atoms with Crippen LogP contribution in [0, 0.1) is 20.8 Å². The molecular weight excluding hydrogens is 340 g/mol. The second kappa shape index (κ2) is 7.38. The fourth-order valence-electron chi connectivity index (χ4n) is 3.98. The standard InChI is InChI=1S/C20H28N6O/c1-13-14(2)24-26(15(13)3)12-19(27)25-8-6-18-17(11-25)10-22-20(23-18)16-5-4-7-21-9-16/h10,16,21H,4-9,11-12H2,1-3H3/t16-/m0/s1. The summed E-state index contributed by atoms with van der Waals surface area (Å²) in [5.41, 5.74) is 5.39. The summed E-state index contributed by atoms with van der Waals surface area (Å²) in [6.45, 7) is 9.70. The molecule has 2 aromatic heterocycles. The average Bonchev–Trinajstić information content (AvgIpc) is 2.94. The second-order valence-corrected chi connectivity index (χ2v) is 7.76. The lowest BCUT2D eigenvalue weighted by Gasteiger charge is -2.29. The fourth-order valence-corrected chi connectivity index (χ4v) is 3.98. The van der Waals surface area contributed by atoms with Gasteiger partial charge in [0.1, 0.15) is 12.4 Å². The maximum absolute atomic E-state index is 12.8. The Morgan fingerprint density at radius 3 is 2.89 bits per heavy atom. The molecule has 4 heterocycles. The van der Waals surface area contributed by atoms with Gasteiger partial charge in [0.25, 0.3) is 0 Å². The molecule has 0 unspecified atom stereocenters. The first-order chi connectivity index (χ1) is 13.0. The zero-order chi connectivity index (χ0) is 19.0. The summed E-state index contributed by atoms with van der Waals surface area (Å²) < 4.78 is 1.82. The molecule has 27 heavy (non-hydrogen) atoms. The highest BCUT2D eigenvalue weighted by molar-refractivity contribution is 5.76. The molecule has 7 nitrogen and oxygen atoms in total. The summed E-state index contributed by atoms with van der Waals surface area (Å²) in [5, 5.41) is 7.92. The molecule has 0 saturated carbocycles. The Labute approximate surface area is 160 Å². The summed E-state index contributed by atoms with van der Waals surface area (Å²) in [5.74, 6) is 1.48. The number of nitrogens with one attached hydrogen (secondary N) is 1. The normalized spacial score (nSPS) is 19.8. The van der Waals surface area contributed by atoms with Gasteiger partial charge in [0, 0.05) is 49.4 Å². The van der Waals surface area contributed by atoms with Crippen LogP contribution < -0.4 is 5.32 Å². The van der Waals surface area contributed by atoms with E-state index in [1.54, 1.807) is 0 Å². The Morgan fingerprint density at radius 1 is 1.33 bits per heavy atom. The van der Waals surface area contributed by atoms with Crippen molar-refractivity contribution in [3.8, 4) is 0 Å². The first kappa shape index (κ1) is 18.1. The molecule has 2 aliphatic rings. The SMILES string of the molecule is Cc1nn(CC(=O)N2CCc3nc([C@H]4CCCNC4)ncc3C2)c(C)c1C. The van der Waals surface area contributed by atoms with E-state index >= 15 is 0 Å². The van der Waals surface area contributed by atoms with Crippen LogP contribution in [-0.4, -0.2) is 50.2 Å². The van der Waals surface area contributed by atoms with Crippen molar-refractivity contribution in [3.63, 3.8) is 0 Å². The Balaban J connectivity index is 1.44. The summed E-state index contributed by atoms with van der Waals surface area (Å²) in [6, 6.07) is 0. The first-order valence-electron chi connectivity index (χ1n) is 9.86. The van der Waals surface area contributed by atoms with Gasteiger partial charge in [-0.05, 0) is 45.7 Å². The van der Waals surface area contributed by atoms with Gasteiger partial charge in [-0.3, -0.25) is 9.48 Å². The Kier molecular flexibility index (Phi) is 4.95. The molecule has 0 radical (unpaired) electrons. The van der Waals surface area contributed by atoms with Gasteiger partial charge < -0.3 is 10.2 Å². The molecule has 0 spiro atoms. The van der Waals surface area contributed by atoms with Crippen LogP contribution in [0.25, 0.3) is 0 Å². The van der Waals surface area contributed by atoms with E-state index in [0.717, 1.165) is 60.0 Å². The van der Waals surface area contributed by atoms with Crippen LogP contribution in [0.1, 0.15) is 52.8 Å². The molecule has 1 amide bonds. The Bertz CT molecular complexity index is 852. The van der Waals surface area contributed by atoms with Gasteiger partial charge in [-0.15, -0.1) is 0 Å². The van der Waals surface area contributed by atoms with Crippen molar-refractivity contribution < 1.29 is 4.79 Å². The van der Waals surface area contributed by atoms with Crippen molar-refractivity contribution in [2.45, 2.75) is 59.0 Å². The zero-order valence-corrected chi connectivity index (χ0v) is 16.5. The molecule has 1 fully saturated rings. The van der Waals surface area contributed by atoms with E-state index in [4.69, 9.17) is 4.98 Å². The molecule has 0 bridgehead atoms. The van der Waals surface area contributed by atoms with E-state index in [0.29, 0.717) is 25.6 Å². The number of piperidine rings is 1. The van der Waals surface area contributed by atoms with Crippen molar-refractivity contribution in [2.24, 2.45) is 0 Å². The van der Waals surface area contributed by atoms with Crippen molar-refractivity contribution in [1.82, 2.24) is 30.0 Å². The van der Waals surface area contributed by atoms with Gasteiger partial charge >= 0.3 is 0 Å². The smallest absolute Gasteiger partial charge is 0.244 e. The number of carbonyl (C=O) groups excluding carboxylic acids is 1. The number of carbonyl (C=O) groups is 1. The van der Waals surface area contributed by atoms with Crippen LogP contribution in [0.4, 0.5) is 0 Å². The Morgan fingerprint density at radius 2 is 2.19 bits per heavy atom. The summed E-state index contributed by atoms with van der Waals surface area (Å²) in [6.07, 6.45) is 5.06. The molecule has 1 atom stereocenters. The Hall–Kier alpha value is -2.28. The number of hydrogen-bond donors (Lipinski definition) is 1. The third kappa shape index (κ3) is 3.60. The lowest BCUT2D eigenvalue weighted by atomic mass is 9.98. The van der Waals surface area contributed by atoms with Crippen molar-refractivity contribution in [2.75, 3.05) is 19.6 Å². The fraction of sp³-hybridized carbons (Fsp3) is 0.600. The molecule has 1 saturated heterocycles. The number of hydrogen-bond acceptors (Lipinski definition) is 5. The molecule has 2 aromatic rings. The van der Waals surface area contributed by atoms with Gasteiger partial charge in [0.15, 0.2) is 0 Å². The topological polar surface area (TPSA) is 75.9 Å². The second-order valence-electron chi connectivity index (χ2n) is 7.76. The third-order valence-corrected chi connectivity index (χ3v) is 6.00. The van der Waals surface area contributed by atoms with Crippen molar-refractivity contribution in [1.29, 1.82) is 0 Å². The monoisotopic (exact) mass is 368 g/mol. The van der Waals surface area contributed by atoms with Crippen LogP contribution in [0.2, 0.25) is 0 Å². The maximum atomic E-state index is 12.8. The molecule has 0 aromatic carbocycles. The molecule has 4 rings (SSSR count). The minimum atomic E-state index is 0.104. The molecular formula is C20H28N6O. The average molecular weight is 368 g/mol. The minimum absolute atomic E-state index is 0.104. The lowest BCUT2D eigenvalue weighted by molar-refractivity contribution is -0.133. The van der Waals surface area contributed by atoms with E-state index in [2.05, 4.69) is 15.4 Å². The maximum Gasteiger partial charge on any atom is 0.244 e. The minimum Gasteiger partial charge on any atom is -0.336 e. The highest BCUT2D eigenvalue weighted by Crippen LogP contribution is 2.23. The van der Waals surface area contributed by atoms with Gasteiger partial charge in [-0.2, -0.15) is 5.10 Å². The highest BCUT2D eigenvalue weighted by atomic mass is 16.2. The summed E-state index contributed by atoms with van der Waals surface area (Å²) >= 11 is 0. The largest absolute Gasteiger partial charge is 0.336 e. The van der Waals surface area contributed by atoms with Crippen molar-refractivity contribution in [3.05, 3.63) is 40.2 Å². The van der Waals surface area contributed by atoms with E-state index < -0.39 is 0 Å².